The van der Waals surface area contributed by atoms with E-state index in [0.29, 0.717) is 24.4 Å². The Bertz CT molecular complexity index is 1220. The molecular weight excluding hydrogens is 661 g/mol. The number of hydrogen-bond acceptors (Lipinski definition) is 7. The summed E-state index contributed by atoms with van der Waals surface area (Å²) < 4.78 is 33.6. The molecule has 7 nitrogen and oxygen atoms in total. The van der Waals surface area contributed by atoms with Gasteiger partial charge in [-0.05, 0) is 136 Å². The first-order chi connectivity index (χ1) is 23.8. The number of ether oxygens (including phenoxy) is 3. The van der Waals surface area contributed by atoms with Crippen LogP contribution in [0.25, 0.3) is 0 Å². The maximum atomic E-state index is 12.6. The standard InChI is InChI=1S/C41H72O7Si2/c1-10-49(11-2,12-3)47-35-26-37(45-28(7)38(35)48-50(13-4,14-5)15-6)46-31-18-21-39(8)30(25-31)16-17-34-33(39)19-22-40(9)32(20-23-41(34,40)43)29-24-36(42)44-27-29/h24,28,30-35,37-38,43H,10-23,25-27H2,1-9H3/t28-,30+,31-,32+,33-,34+,35-,37-,38+,39-,40+,41-/m0/s1. The van der Waals surface area contributed by atoms with Crippen molar-refractivity contribution < 1.29 is 33.0 Å². The maximum absolute atomic E-state index is 12.6. The summed E-state index contributed by atoms with van der Waals surface area (Å²) in [5, 5.41) is 12.6. The lowest BCUT2D eigenvalue weighted by molar-refractivity contribution is -0.267. The van der Waals surface area contributed by atoms with E-state index in [0.717, 1.165) is 99.6 Å². The van der Waals surface area contributed by atoms with Gasteiger partial charge in [0.25, 0.3) is 0 Å². The van der Waals surface area contributed by atoms with Gasteiger partial charge in [-0.25, -0.2) is 4.79 Å². The second-order valence-electron chi connectivity index (χ2n) is 18.1. The van der Waals surface area contributed by atoms with Crippen molar-refractivity contribution in [3.05, 3.63) is 11.6 Å². The van der Waals surface area contributed by atoms with Crippen LogP contribution in [0.2, 0.25) is 36.3 Å². The van der Waals surface area contributed by atoms with Crippen LogP contribution in [-0.4, -0.2) is 70.6 Å². The summed E-state index contributed by atoms with van der Waals surface area (Å²) >= 11 is 0. The number of hydrogen-bond donors (Lipinski definition) is 1. The van der Waals surface area contributed by atoms with Gasteiger partial charge in [0.15, 0.2) is 22.9 Å². The monoisotopic (exact) mass is 732 g/mol. The molecule has 0 radical (unpaired) electrons. The third-order valence-corrected chi connectivity index (χ3v) is 25.9. The van der Waals surface area contributed by atoms with Crippen molar-refractivity contribution >= 4 is 22.6 Å². The van der Waals surface area contributed by atoms with E-state index < -0.39 is 22.2 Å². The minimum atomic E-state index is -1.87. The first-order valence-electron chi connectivity index (χ1n) is 21.0. The minimum Gasteiger partial charge on any atom is -0.458 e. The molecule has 286 valence electrons. The van der Waals surface area contributed by atoms with Crippen molar-refractivity contribution in [1.29, 1.82) is 0 Å². The molecule has 1 saturated heterocycles. The Hall–Kier alpha value is -0.556. The van der Waals surface area contributed by atoms with Crippen molar-refractivity contribution in [2.45, 2.75) is 199 Å². The SMILES string of the molecule is CC[Si](CC)(CC)O[C@@H]1[C@H](C)O[C@@H](O[C@H]2CC[C@@]3(C)[C@H](CC[C@@H]4[C@@H]3CC[C@]3(C)[C@@H](C5=CC(=O)OC5)CC[C@]43O)C2)C[C@@H]1O[Si](CC)(CC)CC. The molecule has 1 N–H and O–H groups in total. The molecular formula is C41H72O7Si2. The molecule has 0 aromatic heterocycles. The Morgan fingerprint density at radius 2 is 1.48 bits per heavy atom. The highest BCUT2D eigenvalue weighted by Gasteiger charge is 2.67. The number of rotatable bonds is 13. The van der Waals surface area contributed by atoms with Gasteiger partial charge >= 0.3 is 5.97 Å². The highest BCUT2D eigenvalue weighted by Crippen LogP contribution is 2.70. The van der Waals surface area contributed by atoms with Gasteiger partial charge in [0, 0.05) is 17.9 Å². The van der Waals surface area contributed by atoms with Crippen LogP contribution in [0.15, 0.2) is 11.6 Å². The van der Waals surface area contributed by atoms with Gasteiger partial charge in [-0.15, -0.1) is 0 Å². The summed E-state index contributed by atoms with van der Waals surface area (Å²) in [6.07, 6.45) is 11.9. The van der Waals surface area contributed by atoms with Crippen LogP contribution >= 0.6 is 0 Å². The van der Waals surface area contributed by atoms with E-state index in [2.05, 4.69) is 62.3 Å². The normalized spacial score (nSPS) is 43.5. The minimum absolute atomic E-state index is 0.0216. The Labute approximate surface area is 306 Å². The van der Waals surface area contributed by atoms with Crippen LogP contribution in [0, 0.1) is 34.5 Å². The summed E-state index contributed by atoms with van der Waals surface area (Å²) in [4.78, 5) is 12.0. The lowest BCUT2D eigenvalue weighted by Crippen LogP contribution is -2.62. The van der Waals surface area contributed by atoms with Crippen molar-refractivity contribution in [1.82, 2.24) is 0 Å². The number of esters is 1. The number of carbonyl (C=O) groups excluding carboxylic acids is 1. The molecule has 0 amide bonds. The number of cyclic esters (lactones) is 1. The van der Waals surface area contributed by atoms with Crippen LogP contribution in [0.5, 0.6) is 0 Å². The summed E-state index contributed by atoms with van der Waals surface area (Å²) in [6.45, 7) is 21.4. The molecule has 0 bridgehead atoms. The van der Waals surface area contributed by atoms with Crippen LogP contribution < -0.4 is 0 Å². The van der Waals surface area contributed by atoms with Gasteiger partial charge < -0.3 is 28.2 Å². The summed E-state index contributed by atoms with van der Waals surface area (Å²) in [5.41, 5.74) is 0.478. The highest BCUT2D eigenvalue weighted by atomic mass is 28.4. The summed E-state index contributed by atoms with van der Waals surface area (Å²) in [6, 6.07) is 6.78. The van der Waals surface area contributed by atoms with Crippen LogP contribution in [0.4, 0.5) is 0 Å². The molecule has 4 aliphatic carbocycles. The van der Waals surface area contributed by atoms with Gasteiger partial charge in [-0.1, -0.05) is 55.4 Å². The Kier molecular flexibility index (Phi) is 11.7. The van der Waals surface area contributed by atoms with E-state index in [4.69, 9.17) is 23.1 Å². The molecule has 4 saturated carbocycles. The smallest absolute Gasteiger partial charge is 0.331 e. The van der Waals surface area contributed by atoms with E-state index in [1.54, 1.807) is 6.08 Å². The molecule has 12 atom stereocenters. The average molecular weight is 733 g/mol. The Morgan fingerprint density at radius 3 is 2.10 bits per heavy atom. The Balaban J connectivity index is 1.14. The van der Waals surface area contributed by atoms with Crippen molar-refractivity contribution in [3.63, 3.8) is 0 Å². The van der Waals surface area contributed by atoms with Gasteiger partial charge in [-0.3, -0.25) is 0 Å². The highest BCUT2D eigenvalue weighted by molar-refractivity contribution is 6.74. The molecule has 0 aromatic rings. The molecule has 0 aromatic carbocycles. The number of aliphatic hydroxyl groups is 1. The molecule has 5 fully saturated rings. The third kappa shape index (κ3) is 6.61. The van der Waals surface area contributed by atoms with Crippen LogP contribution in [0.3, 0.4) is 0 Å². The maximum Gasteiger partial charge on any atom is 0.331 e. The summed E-state index contributed by atoms with van der Waals surface area (Å²) in [5.74, 6) is 1.49. The largest absolute Gasteiger partial charge is 0.458 e. The fraction of sp³-hybridized carbons (Fsp3) is 0.927. The fourth-order valence-corrected chi connectivity index (χ4v) is 18.5. The van der Waals surface area contributed by atoms with E-state index in [9.17, 15) is 9.90 Å². The predicted octanol–water partition coefficient (Wildman–Crippen LogP) is 9.54. The topological polar surface area (TPSA) is 83.5 Å². The molecule has 2 heterocycles. The van der Waals surface area contributed by atoms with Crippen LogP contribution in [0.1, 0.15) is 127 Å². The first-order valence-corrected chi connectivity index (χ1v) is 26.1. The lowest BCUT2D eigenvalue weighted by atomic mass is 9.43. The molecule has 50 heavy (non-hydrogen) atoms. The zero-order chi connectivity index (χ0) is 36.1. The molecule has 9 heteroatoms. The molecule has 6 aliphatic rings. The van der Waals surface area contributed by atoms with Crippen molar-refractivity contribution in [3.8, 4) is 0 Å². The molecule has 6 rings (SSSR count). The van der Waals surface area contributed by atoms with Crippen LogP contribution in [-0.2, 0) is 27.9 Å². The zero-order valence-corrected chi connectivity index (χ0v) is 35.2. The number of carbonyl (C=O) groups is 1. The average Bonchev–Trinajstić information content (AvgIpc) is 3.66. The molecule has 2 aliphatic heterocycles. The number of fused-ring (bicyclic) bond motifs is 5. The first kappa shape index (κ1) is 39.1. The lowest BCUT2D eigenvalue weighted by Gasteiger charge is -2.64. The quantitative estimate of drug-likeness (QED) is 0.115. The van der Waals surface area contributed by atoms with E-state index in [-0.39, 0.29) is 53.4 Å². The van der Waals surface area contributed by atoms with E-state index in [1.165, 1.54) is 6.42 Å². The summed E-state index contributed by atoms with van der Waals surface area (Å²) in [7, 11) is -3.73. The molecule has 0 unspecified atom stereocenters. The van der Waals surface area contributed by atoms with Gasteiger partial charge in [0.1, 0.15) is 6.61 Å². The van der Waals surface area contributed by atoms with Gasteiger partial charge in [-0.2, -0.15) is 0 Å². The Morgan fingerprint density at radius 1 is 0.820 bits per heavy atom. The van der Waals surface area contributed by atoms with Crippen molar-refractivity contribution in [2.75, 3.05) is 6.61 Å². The van der Waals surface area contributed by atoms with E-state index >= 15 is 0 Å². The van der Waals surface area contributed by atoms with Gasteiger partial charge in [0.05, 0.1) is 30.0 Å². The zero-order valence-electron chi connectivity index (χ0n) is 33.2. The van der Waals surface area contributed by atoms with E-state index in [1.807, 2.05) is 0 Å². The molecule has 0 spiro atoms. The van der Waals surface area contributed by atoms with Crippen molar-refractivity contribution in [2.24, 2.45) is 34.5 Å². The predicted molar refractivity (Wildman–Crippen MR) is 204 cm³/mol. The second-order valence-corrected chi connectivity index (χ2v) is 27.5. The fourth-order valence-electron chi connectivity index (χ4n) is 12.7. The second kappa shape index (κ2) is 14.9. The third-order valence-electron chi connectivity index (χ3n) is 16.6. The van der Waals surface area contributed by atoms with Gasteiger partial charge in [0.2, 0.25) is 0 Å².